The second-order valence-corrected chi connectivity index (χ2v) is 22.7. The van der Waals surface area contributed by atoms with Crippen LogP contribution in [0.1, 0.15) is 348 Å². The summed E-state index contributed by atoms with van der Waals surface area (Å²) >= 11 is 0. The van der Waals surface area contributed by atoms with Crippen molar-refractivity contribution in [2.75, 3.05) is 13.2 Å². The molecule has 0 spiro atoms. The van der Waals surface area contributed by atoms with Crippen molar-refractivity contribution in [2.45, 2.75) is 354 Å². The van der Waals surface area contributed by atoms with Gasteiger partial charge in [0.2, 0.25) is 0 Å². The maximum Gasteiger partial charge on any atom is 0.306 e. The molecule has 0 amide bonds. The summed E-state index contributed by atoms with van der Waals surface area (Å²) in [5.41, 5.74) is 0. The number of rotatable bonds is 62. The first-order chi connectivity index (χ1) is 38.5. The molecule has 0 rings (SSSR count). The van der Waals surface area contributed by atoms with Gasteiger partial charge in [0, 0.05) is 19.3 Å². The molecule has 0 heterocycles. The van der Waals surface area contributed by atoms with Crippen molar-refractivity contribution in [2.24, 2.45) is 0 Å². The highest BCUT2D eigenvalue weighted by Gasteiger charge is 2.19. The van der Waals surface area contributed by atoms with Gasteiger partial charge in [0.15, 0.2) is 6.10 Å². The minimum absolute atomic E-state index is 0.0727. The van der Waals surface area contributed by atoms with Gasteiger partial charge in [-0.15, -0.1) is 0 Å². The third kappa shape index (κ3) is 63.7. The molecular formula is C72H128O6. The maximum atomic E-state index is 12.9. The van der Waals surface area contributed by atoms with Crippen molar-refractivity contribution in [1.29, 1.82) is 0 Å². The first kappa shape index (κ1) is 74.8. The summed E-state index contributed by atoms with van der Waals surface area (Å²) in [6.07, 6.45) is 86.5. The lowest BCUT2D eigenvalue weighted by atomic mass is 10.0. The molecule has 0 aromatic carbocycles. The lowest BCUT2D eigenvalue weighted by Gasteiger charge is -2.18. The van der Waals surface area contributed by atoms with Gasteiger partial charge in [0.1, 0.15) is 13.2 Å². The highest BCUT2D eigenvalue weighted by atomic mass is 16.6. The van der Waals surface area contributed by atoms with E-state index in [1.807, 2.05) is 0 Å². The van der Waals surface area contributed by atoms with Gasteiger partial charge >= 0.3 is 17.9 Å². The zero-order chi connectivity index (χ0) is 56.4. The molecule has 0 aliphatic carbocycles. The Hall–Kier alpha value is -3.15. The molecule has 0 saturated heterocycles. The quantitative estimate of drug-likeness (QED) is 0.0261. The zero-order valence-electron chi connectivity index (χ0n) is 51.9. The van der Waals surface area contributed by atoms with Crippen LogP contribution in [0.2, 0.25) is 0 Å². The van der Waals surface area contributed by atoms with Crippen LogP contribution in [0.15, 0.2) is 72.9 Å². The predicted octanol–water partition coefficient (Wildman–Crippen LogP) is 23.3. The molecular weight excluding hydrogens is 961 g/mol. The van der Waals surface area contributed by atoms with Gasteiger partial charge < -0.3 is 14.2 Å². The predicted molar refractivity (Wildman–Crippen MR) is 339 cm³/mol. The van der Waals surface area contributed by atoms with E-state index in [-0.39, 0.29) is 31.1 Å². The number of hydrogen-bond acceptors (Lipinski definition) is 6. The zero-order valence-corrected chi connectivity index (χ0v) is 51.9. The smallest absolute Gasteiger partial charge is 0.306 e. The monoisotopic (exact) mass is 1090 g/mol. The normalized spacial score (nSPS) is 12.5. The molecule has 1 atom stereocenters. The van der Waals surface area contributed by atoms with Crippen LogP contribution in [0.25, 0.3) is 0 Å². The molecule has 0 aliphatic heterocycles. The number of ether oxygens (including phenoxy) is 3. The minimum atomic E-state index is -0.775. The van der Waals surface area contributed by atoms with E-state index in [0.29, 0.717) is 19.3 Å². The molecule has 6 heteroatoms. The van der Waals surface area contributed by atoms with Gasteiger partial charge in [0.25, 0.3) is 0 Å². The van der Waals surface area contributed by atoms with Gasteiger partial charge in [-0.3, -0.25) is 14.4 Å². The average molecular weight is 1090 g/mol. The summed E-state index contributed by atoms with van der Waals surface area (Å²) in [6, 6.07) is 0. The van der Waals surface area contributed by atoms with Crippen LogP contribution in [-0.2, 0) is 28.6 Å². The van der Waals surface area contributed by atoms with Crippen molar-refractivity contribution in [3.8, 4) is 0 Å². The van der Waals surface area contributed by atoms with E-state index >= 15 is 0 Å². The molecule has 0 fully saturated rings. The molecule has 0 bridgehead atoms. The van der Waals surface area contributed by atoms with E-state index in [1.165, 1.54) is 212 Å². The number of allylic oxidation sites excluding steroid dienone is 12. The van der Waals surface area contributed by atoms with Crippen molar-refractivity contribution >= 4 is 17.9 Å². The fraction of sp³-hybridized carbons (Fsp3) is 0.792. The van der Waals surface area contributed by atoms with Crippen LogP contribution in [0.3, 0.4) is 0 Å². The van der Waals surface area contributed by atoms with Crippen LogP contribution in [0.5, 0.6) is 0 Å². The van der Waals surface area contributed by atoms with Gasteiger partial charge in [-0.1, -0.05) is 312 Å². The summed E-state index contributed by atoms with van der Waals surface area (Å²) < 4.78 is 16.9. The standard InChI is InChI=1S/C72H128O6/c1-4-7-10-13-16-19-22-24-26-28-29-30-31-32-33-34-35-36-37-38-39-40-41-42-43-44-46-47-50-53-56-59-62-65-71(74)77-68-69(67-76-70(73)64-61-58-55-52-49-21-18-15-12-9-6-3)78-72(75)66-63-60-57-54-51-48-45-27-25-23-20-17-14-11-8-5-2/h7,10,16,19,24,26-27,29-30,32-33,45,69H,4-6,8-9,11-15,17-18,20-23,25,28,31,34-44,46-68H2,1-3H3/b10-7-,19-16-,26-24-,30-29-,33-32-,45-27-. The number of carbonyl (C=O) groups is 3. The summed E-state index contributed by atoms with van der Waals surface area (Å²) in [6.45, 7) is 6.55. The van der Waals surface area contributed by atoms with E-state index in [1.54, 1.807) is 0 Å². The highest BCUT2D eigenvalue weighted by Crippen LogP contribution is 2.17. The molecule has 0 N–H and O–H groups in total. The Labute approximate surface area is 484 Å². The van der Waals surface area contributed by atoms with Crippen molar-refractivity contribution in [3.63, 3.8) is 0 Å². The Bertz CT molecular complexity index is 1440. The molecule has 0 aliphatic rings. The van der Waals surface area contributed by atoms with E-state index in [9.17, 15) is 14.4 Å². The fourth-order valence-electron chi connectivity index (χ4n) is 9.88. The largest absolute Gasteiger partial charge is 0.462 e. The number of hydrogen-bond donors (Lipinski definition) is 0. The van der Waals surface area contributed by atoms with E-state index in [0.717, 1.165) is 96.3 Å². The summed E-state index contributed by atoms with van der Waals surface area (Å²) in [5.74, 6) is -0.863. The average Bonchev–Trinajstić information content (AvgIpc) is 3.44. The van der Waals surface area contributed by atoms with Crippen LogP contribution < -0.4 is 0 Å². The second-order valence-electron chi connectivity index (χ2n) is 22.7. The van der Waals surface area contributed by atoms with Gasteiger partial charge in [0.05, 0.1) is 0 Å². The summed E-state index contributed by atoms with van der Waals surface area (Å²) in [5, 5.41) is 0. The van der Waals surface area contributed by atoms with E-state index < -0.39 is 6.10 Å². The SMILES string of the molecule is CC/C=C\C/C=C\C/C=C\C/C=C\C/C=C\CCCCCCCCCCCCCCCCCCCC(=O)OCC(COC(=O)CCCCCCCCCCCCC)OC(=O)CCCCCCC/C=C\CCCCCCCCC. The molecule has 1 unspecified atom stereocenters. The first-order valence-electron chi connectivity index (χ1n) is 33.9. The van der Waals surface area contributed by atoms with Crippen LogP contribution >= 0.6 is 0 Å². The third-order valence-corrected chi connectivity index (χ3v) is 14.9. The topological polar surface area (TPSA) is 78.9 Å². The molecule has 0 aromatic rings. The minimum Gasteiger partial charge on any atom is -0.462 e. The fourth-order valence-corrected chi connectivity index (χ4v) is 9.88. The molecule has 6 nitrogen and oxygen atoms in total. The third-order valence-electron chi connectivity index (χ3n) is 14.9. The van der Waals surface area contributed by atoms with Crippen LogP contribution in [0.4, 0.5) is 0 Å². The van der Waals surface area contributed by atoms with Crippen molar-refractivity contribution in [3.05, 3.63) is 72.9 Å². The van der Waals surface area contributed by atoms with Crippen molar-refractivity contribution in [1.82, 2.24) is 0 Å². The van der Waals surface area contributed by atoms with Gasteiger partial charge in [-0.25, -0.2) is 0 Å². The van der Waals surface area contributed by atoms with Gasteiger partial charge in [-0.2, -0.15) is 0 Å². The van der Waals surface area contributed by atoms with E-state index in [2.05, 4.69) is 93.7 Å². The Kier molecular flexibility index (Phi) is 63.7. The maximum absolute atomic E-state index is 12.9. The Morgan fingerprint density at radius 3 is 0.795 bits per heavy atom. The Balaban J connectivity index is 4.11. The summed E-state index contributed by atoms with van der Waals surface area (Å²) in [7, 11) is 0. The first-order valence-corrected chi connectivity index (χ1v) is 33.9. The number of esters is 3. The molecule has 78 heavy (non-hydrogen) atoms. The highest BCUT2D eigenvalue weighted by molar-refractivity contribution is 5.71. The number of unbranched alkanes of at least 4 members (excludes halogenated alkanes) is 39. The molecule has 452 valence electrons. The molecule has 0 aromatic heterocycles. The van der Waals surface area contributed by atoms with E-state index in [4.69, 9.17) is 14.2 Å². The van der Waals surface area contributed by atoms with Gasteiger partial charge in [-0.05, 0) is 89.9 Å². The Morgan fingerprint density at radius 1 is 0.269 bits per heavy atom. The number of carbonyl (C=O) groups excluding carboxylic acids is 3. The lowest BCUT2D eigenvalue weighted by molar-refractivity contribution is -0.167. The Morgan fingerprint density at radius 2 is 0.500 bits per heavy atom. The molecule has 0 radical (unpaired) electrons. The lowest BCUT2D eigenvalue weighted by Crippen LogP contribution is -2.30. The van der Waals surface area contributed by atoms with Crippen molar-refractivity contribution < 1.29 is 28.6 Å². The summed E-state index contributed by atoms with van der Waals surface area (Å²) in [4.78, 5) is 38.3. The van der Waals surface area contributed by atoms with Crippen LogP contribution in [0, 0.1) is 0 Å². The second kappa shape index (κ2) is 66.4. The molecule has 0 saturated carbocycles. The van der Waals surface area contributed by atoms with Crippen LogP contribution in [-0.4, -0.2) is 37.2 Å².